The summed E-state index contributed by atoms with van der Waals surface area (Å²) in [5.74, 6) is 0. The number of rotatable bonds is 6. The Balaban J connectivity index is 1.57. The number of piperidine rings is 1. The molecule has 134 valence electrons. The third kappa shape index (κ3) is 5.96. The molecule has 0 aromatic heterocycles. The summed E-state index contributed by atoms with van der Waals surface area (Å²) < 4.78 is 11.4. The fourth-order valence-corrected chi connectivity index (χ4v) is 2.91. The summed E-state index contributed by atoms with van der Waals surface area (Å²) in [6, 6.07) is 0.570. The maximum Gasteiger partial charge on any atom is 0.410 e. The molecule has 0 spiro atoms. The van der Waals surface area contributed by atoms with Crippen molar-refractivity contribution in [2.24, 2.45) is 5.41 Å². The predicted octanol–water partition coefficient (Wildman–Crippen LogP) is 3.18. The average molecular weight is 326 g/mol. The van der Waals surface area contributed by atoms with Gasteiger partial charge >= 0.3 is 6.09 Å². The first-order valence-electron chi connectivity index (χ1n) is 9.02. The predicted molar refractivity (Wildman–Crippen MR) is 91.6 cm³/mol. The Morgan fingerprint density at radius 2 is 1.91 bits per heavy atom. The normalized spacial score (nSPS) is 22.7. The van der Waals surface area contributed by atoms with Crippen molar-refractivity contribution >= 4 is 6.09 Å². The zero-order valence-electron chi connectivity index (χ0n) is 15.5. The molecule has 1 N–H and O–H groups in total. The van der Waals surface area contributed by atoms with Gasteiger partial charge in [0, 0.05) is 25.7 Å². The summed E-state index contributed by atoms with van der Waals surface area (Å²) in [5.41, 5.74) is 0.0871. The topological polar surface area (TPSA) is 50.8 Å². The van der Waals surface area contributed by atoms with E-state index >= 15 is 0 Å². The van der Waals surface area contributed by atoms with E-state index in [0.29, 0.717) is 11.5 Å². The quantitative estimate of drug-likeness (QED) is 0.762. The minimum atomic E-state index is -0.426. The molecule has 2 rings (SSSR count). The zero-order valence-corrected chi connectivity index (χ0v) is 15.5. The highest BCUT2D eigenvalue weighted by Gasteiger charge is 2.42. The standard InChI is InChI=1S/C18H34N2O3/c1-14(18(5)8-9-18)19-10-13-22-15-6-11-20(12-7-15)16(21)23-17(2,3)4/h14-15,19H,6-13H2,1-5H3. The van der Waals surface area contributed by atoms with E-state index in [1.807, 2.05) is 20.8 Å². The first kappa shape index (κ1) is 18.5. The Morgan fingerprint density at radius 3 is 2.43 bits per heavy atom. The molecule has 2 fully saturated rings. The molecule has 2 aliphatic rings. The number of carbonyl (C=O) groups is 1. The van der Waals surface area contributed by atoms with Crippen LogP contribution in [-0.2, 0) is 9.47 Å². The molecular formula is C18H34N2O3. The molecule has 5 heteroatoms. The number of nitrogens with zero attached hydrogens (tertiary/aromatic N) is 1. The van der Waals surface area contributed by atoms with Crippen LogP contribution in [0.15, 0.2) is 0 Å². The lowest BCUT2D eigenvalue weighted by atomic mass is 10.0. The number of hydrogen-bond donors (Lipinski definition) is 1. The molecule has 1 unspecified atom stereocenters. The smallest absolute Gasteiger partial charge is 0.410 e. The van der Waals surface area contributed by atoms with Gasteiger partial charge in [-0.05, 0) is 58.8 Å². The summed E-state index contributed by atoms with van der Waals surface area (Å²) in [7, 11) is 0. The van der Waals surface area contributed by atoms with Gasteiger partial charge in [-0.2, -0.15) is 0 Å². The van der Waals surface area contributed by atoms with Crippen molar-refractivity contribution in [3.8, 4) is 0 Å². The number of likely N-dealkylation sites (tertiary alicyclic amines) is 1. The molecule has 23 heavy (non-hydrogen) atoms. The summed E-state index contributed by atoms with van der Waals surface area (Å²) in [6.07, 6.45) is 4.53. The van der Waals surface area contributed by atoms with E-state index in [4.69, 9.17) is 9.47 Å². The average Bonchev–Trinajstić information content (AvgIpc) is 3.21. The summed E-state index contributed by atoms with van der Waals surface area (Å²) in [6.45, 7) is 13.4. The van der Waals surface area contributed by atoms with Gasteiger partial charge in [-0.1, -0.05) is 6.92 Å². The molecule has 1 saturated carbocycles. The Bertz CT molecular complexity index is 394. The van der Waals surface area contributed by atoms with Crippen LogP contribution in [0.4, 0.5) is 4.79 Å². The number of ether oxygens (including phenoxy) is 2. The molecule has 0 aromatic rings. The van der Waals surface area contributed by atoms with Gasteiger partial charge in [0.05, 0.1) is 12.7 Å². The van der Waals surface area contributed by atoms with Crippen LogP contribution >= 0.6 is 0 Å². The molecule has 1 amide bonds. The van der Waals surface area contributed by atoms with Crippen LogP contribution < -0.4 is 5.32 Å². The highest BCUT2D eigenvalue weighted by molar-refractivity contribution is 5.68. The van der Waals surface area contributed by atoms with Crippen LogP contribution in [-0.4, -0.2) is 55.0 Å². The highest BCUT2D eigenvalue weighted by atomic mass is 16.6. The number of hydrogen-bond acceptors (Lipinski definition) is 4. The van der Waals surface area contributed by atoms with Crippen molar-refractivity contribution in [3.05, 3.63) is 0 Å². The van der Waals surface area contributed by atoms with E-state index in [2.05, 4.69) is 19.2 Å². The van der Waals surface area contributed by atoms with E-state index in [1.165, 1.54) is 12.8 Å². The SMILES string of the molecule is CC(NCCOC1CCN(C(=O)OC(C)(C)C)CC1)C1(C)CC1. The lowest BCUT2D eigenvalue weighted by Gasteiger charge is -2.33. The molecular weight excluding hydrogens is 292 g/mol. The van der Waals surface area contributed by atoms with Gasteiger partial charge in [-0.3, -0.25) is 0 Å². The summed E-state index contributed by atoms with van der Waals surface area (Å²) >= 11 is 0. The van der Waals surface area contributed by atoms with Gasteiger partial charge in [0.25, 0.3) is 0 Å². The Kier molecular flexibility index (Phi) is 5.95. The first-order chi connectivity index (χ1) is 10.7. The van der Waals surface area contributed by atoms with Gasteiger partial charge in [-0.25, -0.2) is 4.79 Å². The number of nitrogens with one attached hydrogen (secondary N) is 1. The lowest BCUT2D eigenvalue weighted by Crippen LogP contribution is -2.44. The Morgan fingerprint density at radius 1 is 1.30 bits per heavy atom. The van der Waals surface area contributed by atoms with E-state index in [-0.39, 0.29) is 12.2 Å². The van der Waals surface area contributed by atoms with Crippen molar-refractivity contribution in [2.75, 3.05) is 26.2 Å². The van der Waals surface area contributed by atoms with Gasteiger partial charge in [0.15, 0.2) is 0 Å². The van der Waals surface area contributed by atoms with E-state index in [0.717, 1.165) is 39.1 Å². The third-order valence-corrected chi connectivity index (χ3v) is 5.08. The largest absolute Gasteiger partial charge is 0.444 e. The van der Waals surface area contributed by atoms with Gasteiger partial charge in [0.2, 0.25) is 0 Å². The molecule has 1 heterocycles. The Hall–Kier alpha value is -0.810. The van der Waals surface area contributed by atoms with Crippen molar-refractivity contribution in [3.63, 3.8) is 0 Å². The third-order valence-electron chi connectivity index (χ3n) is 5.08. The lowest BCUT2D eigenvalue weighted by molar-refractivity contribution is -0.0109. The monoisotopic (exact) mass is 326 g/mol. The maximum atomic E-state index is 12.0. The number of carbonyl (C=O) groups excluding carboxylic acids is 1. The molecule has 1 atom stereocenters. The molecule has 5 nitrogen and oxygen atoms in total. The van der Waals surface area contributed by atoms with Crippen LogP contribution in [0.2, 0.25) is 0 Å². The van der Waals surface area contributed by atoms with Gasteiger partial charge in [0.1, 0.15) is 5.60 Å². The fraction of sp³-hybridized carbons (Fsp3) is 0.944. The fourth-order valence-electron chi connectivity index (χ4n) is 2.91. The second-order valence-corrected chi connectivity index (χ2v) is 8.37. The summed E-state index contributed by atoms with van der Waals surface area (Å²) in [5, 5.41) is 3.57. The number of amides is 1. The molecule has 1 saturated heterocycles. The highest BCUT2D eigenvalue weighted by Crippen LogP contribution is 2.47. The molecule has 0 aromatic carbocycles. The zero-order chi connectivity index (χ0) is 17.1. The van der Waals surface area contributed by atoms with E-state index in [1.54, 1.807) is 4.90 Å². The molecule has 0 radical (unpaired) electrons. The summed E-state index contributed by atoms with van der Waals surface area (Å²) in [4.78, 5) is 13.8. The van der Waals surface area contributed by atoms with E-state index < -0.39 is 5.60 Å². The van der Waals surface area contributed by atoms with Crippen molar-refractivity contribution in [2.45, 2.75) is 78.0 Å². The molecule has 1 aliphatic heterocycles. The van der Waals surface area contributed by atoms with Crippen LogP contribution in [0, 0.1) is 5.41 Å². The second-order valence-electron chi connectivity index (χ2n) is 8.37. The van der Waals surface area contributed by atoms with Gasteiger partial charge in [-0.15, -0.1) is 0 Å². The van der Waals surface area contributed by atoms with Crippen LogP contribution in [0.1, 0.15) is 60.3 Å². The van der Waals surface area contributed by atoms with E-state index in [9.17, 15) is 4.79 Å². The molecule has 0 bridgehead atoms. The van der Waals surface area contributed by atoms with Crippen molar-refractivity contribution < 1.29 is 14.3 Å². The second kappa shape index (κ2) is 7.39. The maximum absolute atomic E-state index is 12.0. The first-order valence-corrected chi connectivity index (χ1v) is 9.02. The van der Waals surface area contributed by atoms with Crippen LogP contribution in [0.3, 0.4) is 0 Å². The minimum absolute atomic E-state index is 0.205. The van der Waals surface area contributed by atoms with Crippen molar-refractivity contribution in [1.82, 2.24) is 10.2 Å². The minimum Gasteiger partial charge on any atom is -0.444 e. The van der Waals surface area contributed by atoms with Crippen molar-refractivity contribution in [1.29, 1.82) is 0 Å². The Labute approximate surface area is 141 Å². The van der Waals surface area contributed by atoms with Crippen LogP contribution in [0.5, 0.6) is 0 Å². The molecule has 1 aliphatic carbocycles. The van der Waals surface area contributed by atoms with Crippen LogP contribution in [0.25, 0.3) is 0 Å². The van der Waals surface area contributed by atoms with Gasteiger partial charge < -0.3 is 19.7 Å².